The maximum Gasteiger partial charge on any atom is 0.132 e. The fourth-order valence-electron chi connectivity index (χ4n) is 10.6. The number of rotatable bonds is 5. The van der Waals surface area contributed by atoms with Crippen molar-refractivity contribution in [2.45, 2.75) is 24.7 Å². The maximum atomic E-state index is 6.59. The number of para-hydroxylation sites is 2. The molecule has 0 aromatic heterocycles. The summed E-state index contributed by atoms with van der Waals surface area (Å²) in [4.78, 5) is 2.41. The van der Waals surface area contributed by atoms with Crippen LogP contribution in [0.1, 0.15) is 47.2 Å². The molecule has 1 heterocycles. The fourth-order valence-corrected chi connectivity index (χ4v) is 10.6. The summed E-state index contributed by atoms with van der Waals surface area (Å²) in [6.45, 7) is 4.71. The Balaban J connectivity index is 1.01. The molecule has 0 fully saturated rings. The third-order valence-electron chi connectivity index (χ3n) is 13.4. The number of hydrogen-bond acceptors (Lipinski definition) is 2. The predicted octanol–water partition coefficient (Wildman–Crippen LogP) is 15.3. The van der Waals surface area contributed by atoms with Gasteiger partial charge < -0.3 is 9.64 Å². The second-order valence-electron chi connectivity index (χ2n) is 16.8. The smallest absolute Gasteiger partial charge is 0.132 e. The summed E-state index contributed by atoms with van der Waals surface area (Å²) >= 11 is 0. The summed E-state index contributed by atoms with van der Waals surface area (Å²) in [5.74, 6) is 1.81. The van der Waals surface area contributed by atoms with Crippen molar-refractivity contribution >= 4 is 17.1 Å². The van der Waals surface area contributed by atoms with E-state index < -0.39 is 5.41 Å². The standard InChI is InChI=1S/C58H41NO/c1-57(2)48-20-8-6-17-45(48)46-36-35-43(37-53(46)57)59(41-31-27-39(28-32-41)38-15-4-3-5-16-38)42-33-29-40(30-34-42)44-19-14-24-52-56(44)47-18-7-9-21-49(47)58(52)50-22-10-12-25-54(50)60-55-26-13-11-23-51(55)58/h3-37H,1-2H3. The minimum atomic E-state index is -0.503. The Morgan fingerprint density at radius 2 is 0.817 bits per heavy atom. The number of anilines is 3. The molecular weight excluding hydrogens is 727 g/mol. The number of hydrogen-bond donors (Lipinski definition) is 0. The normalized spacial score (nSPS) is 14.2. The molecule has 2 heteroatoms. The first-order chi connectivity index (χ1) is 29.5. The van der Waals surface area contributed by atoms with Crippen LogP contribution >= 0.6 is 0 Å². The SMILES string of the molecule is CC1(C)c2ccccc2-c2ccc(N(c3ccc(-c4ccccc4)cc3)c3ccc(-c4cccc5c4-c4ccccc4C54c5ccccc5Oc5ccccc54)cc3)cc21. The van der Waals surface area contributed by atoms with Gasteiger partial charge in [0.05, 0.1) is 5.41 Å². The summed E-state index contributed by atoms with van der Waals surface area (Å²) in [5, 5.41) is 0. The van der Waals surface area contributed by atoms with Crippen LogP contribution in [0.15, 0.2) is 212 Å². The molecule has 0 saturated carbocycles. The first-order valence-corrected chi connectivity index (χ1v) is 20.9. The highest BCUT2D eigenvalue weighted by molar-refractivity contribution is 5.97. The average molecular weight is 768 g/mol. The highest BCUT2D eigenvalue weighted by Gasteiger charge is 2.51. The molecule has 0 radical (unpaired) electrons. The lowest BCUT2D eigenvalue weighted by Gasteiger charge is -2.39. The first-order valence-electron chi connectivity index (χ1n) is 20.9. The van der Waals surface area contributed by atoms with Crippen molar-refractivity contribution in [1.29, 1.82) is 0 Å². The Hall–Kier alpha value is -7.42. The molecule has 1 spiro atoms. The molecule has 0 saturated heterocycles. The molecule has 12 rings (SSSR count). The quantitative estimate of drug-likeness (QED) is 0.173. The van der Waals surface area contributed by atoms with Crippen molar-refractivity contribution < 1.29 is 4.74 Å². The monoisotopic (exact) mass is 767 g/mol. The summed E-state index contributed by atoms with van der Waals surface area (Å²) in [6.07, 6.45) is 0. The van der Waals surface area contributed by atoms with Crippen molar-refractivity contribution in [3.05, 3.63) is 246 Å². The molecule has 0 amide bonds. The fraction of sp³-hybridized carbons (Fsp3) is 0.0690. The Bertz CT molecular complexity index is 3090. The van der Waals surface area contributed by atoms with E-state index in [0.29, 0.717) is 0 Å². The van der Waals surface area contributed by atoms with Gasteiger partial charge in [-0.05, 0) is 115 Å². The van der Waals surface area contributed by atoms with Gasteiger partial charge in [0.15, 0.2) is 0 Å². The molecule has 0 atom stereocenters. The zero-order chi connectivity index (χ0) is 40.0. The van der Waals surface area contributed by atoms with Crippen LogP contribution in [0.5, 0.6) is 11.5 Å². The van der Waals surface area contributed by atoms with Gasteiger partial charge in [-0.1, -0.05) is 178 Å². The Labute approximate surface area is 351 Å². The minimum absolute atomic E-state index is 0.110. The minimum Gasteiger partial charge on any atom is -0.457 e. The van der Waals surface area contributed by atoms with Gasteiger partial charge in [-0.2, -0.15) is 0 Å². The van der Waals surface area contributed by atoms with Crippen molar-refractivity contribution in [3.8, 4) is 56.0 Å². The van der Waals surface area contributed by atoms with Crippen LogP contribution in [0.25, 0.3) is 44.5 Å². The third-order valence-corrected chi connectivity index (χ3v) is 13.4. The van der Waals surface area contributed by atoms with Crippen LogP contribution < -0.4 is 9.64 Å². The first kappa shape index (κ1) is 34.6. The Morgan fingerprint density at radius 1 is 0.333 bits per heavy atom. The highest BCUT2D eigenvalue weighted by atomic mass is 16.5. The van der Waals surface area contributed by atoms with Crippen molar-refractivity contribution in [2.24, 2.45) is 0 Å². The number of nitrogens with zero attached hydrogens (tertiary/aromatic N) is 1. The van der Waals surface area contributed by atoms with Gasteiger partial charge in [0, 0.05) is 33.6 Å². The zero-order valence-corrected chi connectivity index (χ0v) is 33.6. The van der Waals surface area contributed by atoms with E-state index in [0.717, 1.165) is 28.6 Å². The molecule has 0 unspecified atom stereocenters. The van der Waals surface area contributed by atoms with Crippen LogP contribution in [-0.4, -0.2) is 0 Å². The van der Waals surface area contributed by atoms with E-state index in [1.54, 1.807) is 0 Å². The van der Waals surface area contributed by atoms with E-state index >= 15 is 0 Å². The number of fused-ring (bicyclic) bond motifs is 12. The molecule has 3 aliphatic rings. The van der Waals surface area contributed by atoms with E-state index in [1.807, 2.05) is 0 Å². The van der Waals surface area contributed by atoms with E-state index in [2.05, 4.69) is 231 Å². The van der Waals surface area contributed by atoms with E-state index in [-0.39, 0.29) is 5.41 Å². The van der Waals surface area contributed by atoms with Gasteiger partial charge in [0.25, 0.3) is 0 Å². The largest absolute Gasteiger partial charge is 0.457 e. The Morgan fingerprint density at radius 3 is 1.50 bits per heavy atom. The van der Waals surface area contributed by atoms with Crippen LogP contribution in [0.2, 0.25) is 0 Å². The summed E-state index contributed by atoms with van der Waals surface area (Å²) < 4.78 is 6.59. The van der Waals surface area contributed by atoms with Gasteiger partial charge in [-0.15, -0.1) is 0 Å². The van der Waals surface area contributed by atoms with Gasteiger partial charge in [0.1, 0.15) is 11.5 Å². The second-order valence-corrected chi connectivity index (χ2v) is 16.8. The van der Waals surface area contributed by atoms with E-state index in [1.165, 1.54) is 77.9 Å². The number of ether oxygens (including phenoxy) is 1. The van der Waals surface area contributed by atoms with Gasteiger partial charge in [-0.3, -0.25) is 0 Å². The van der Waals surface area contributed by atoms with Gasteiger partial charge in [-0.25, -0.2) is 0 Å². The van der Waals surface area contributed by atoms with Crippen LogP contribution in [-0.2, 0) is 10.8 Å². The van der Waals surface area contributed by atoms with Crippen molar-refractivity contribution in [3.63, 3.8) is 0 Å². The predicted molar refractivity (Wildman–Crippen MR) is 247 cm³/mol. The molecule has 9 aromatic carbocycles. The van der Waals surface area contributed by atoms with Crippen LogP contribution in [0, 0.1) is 0 Å². The molecule has 2 nitrogen and oxygen atoms in total. The van der Waals surface area contributed by atoms with Crippen LogP contribution in [0.4, 0.5) is 17.1 Å². The zero-order valence-electron chi connectivity index (χ0n) is 33.6. The maximum absolute atomic E-state index is 6.59. The lowest BCUT2D eigenvalue weighted by atomic mass is 9.66. The highest BCUT2D eigenvalue weighted by Crippen LogP contribution is 2.63. The Kier molecular flexibility index (Phi) is 7.52. The lowest BCUT2D eigenvalue weighted by Crippen LogP contribution is -2.32. The summed E-state index contributed by atoms with van der Waals surface area (Å²) in [7, 11) is 0. The summed E-state index contributed by atoms with van der Waals surface area (Å²) in [6, 6.07) is 77.7. The molecular formula is C58H41NO. The molecule has 0 bridgehead atoms. The third kappa shape index (κ3) is 4.88. The molecule has 60 heavy (non-hydrogen) atoms. The van der Waals surface area contributed by atoms with Gasteiger partial charge >= 0.3 is 0 Å². The molecule has 284 valence electrons. The van der Waals surface area contributed by atoms with Crippen molar-refractivity contribution in [1.82, 2.24) is 0 Å². The number of benzene rings is 9. The lowest BCUT2D eigenvalue weighted by molar-refractivity contribution is 0.436. The second kappa shape index (κ2) is 13.0. The molecule has 1 aliphatic heterocycles. The van der Waals surface area contributed by atoms with Gasteiger partial charge in [0.2, 0.25) is 0 Å². The topological polar surface area (TPSA) is 12.5 Å². The molecule has 0 N–H and O–H groups in total. The average Bonchev–Trinajstić information content (AvgIpc) is 3.73. The van der Waals surface area contributed by atoms with E-state index in [4.69, 9.17) is 4.74 Å². The van der Waals surface area contributed by atoms with E-state index in [9.17, 15) is 0 Å². The summed E-state index contributed by atoms with van der Waals surface area (Å²) in [5.41, 5.74) is 20.4. The molecule has 2 aliphatic carbocycles. The van der Waals surface area contributed by atoms with Crippen molar-refractivity contribution in [2.75, 3.05) is 4.90 Å². The van der Waals surface area contributed by atoms with Crippen LogP contribution in [0.3, 0.4) is 0 Å². The molecule has 9 aromatic rings.